The van der Waals surface area contributed by atoms with Crippen LogP contribution in [0.15, 0.2) is 182 Å². The lowest BCUT2D eigenvalue weighted by Gasteiger charge is -2.20. The quantitative estimate of drug-likeness (QED) is 0.175. The summed E-state index contributed by atoms with van der Waals surface area (Å²) >= 11 is 0. The molecule has 0 spiro atoms. The lowest BCUT2D eigenvalue weighted by molar-refractivity contribution is 1.62. The van der Waals surface area contributed by atoms with Crippen molar-refractivity contribution in [3.05, 3.63) is 182 Å². The highest BCUT2D eigenvalue weighted by Gasteiger charge is 2.19. The Bertz CT molecular complexity index is 2810. The molecule has 0 N–H and O–H groups in total. The first-order valence-electron chi connectivity index (χ1n) is 16.7. The van der Waals surface area contributed by atoms with Crippen LogP contribution >= 0.6 is 0 Å². The van der Waals surface area contributed by atoms with Gasteiger partial charge in [0.1, 0.15) is 0 Å². The molecule has 0 saturated heterocycles. The summed E-state index contributed by atoms with van der Waals surface area (Å²) in [5.74, 6) is 0. The van der Waals surface area contributed by atoms with Gasteiger partial charge in [0.15, 0.2) is 0 Å². The Morgan fingerprint density at radius 1 is 0.208 bits per heavy atom. The third-order valence-corrected chi connectivity index (χ3v) is 10.2. The minimum Gasteiger partial charge on any atom is -0.0622 e. The zero-order valence-corrected chi connectivity index (χ0v) is 26.3. The molecular formula is C48H30. The molecule has 0 heterocycles. The molecule has 0 aliphatic carbocycles. The number of hydrogen-bond acceptors (Lipinski definition) is 0. The van der Waals surface area contributed by atoms with E-state index in [0.717, 1.165) is 0 Å². The summed E-state index contributed by atoms with van der Waals surface area (Å²) in [4.78, 5) is 0. The van der Waals surface area contributed by atoms with Crippen LogP contribution in [0.3, 0.4) is 0 Å². The maximum absolute atomic E-state index is 2.42. The van der Waals surface area contributed by atoms with Gasteiger partial charge in [-0.15, -0.1) is 0 Å². The maximum atomic E-state index is 2.42. The van der Waals surface area contributed by atoms with Gasteiger partial charge in [0.05, 0.1) is 0 Å². The van der Waals surface area contributed by atoms with E-state index in [1.54, 1.807) is 0 Å². The van der Waals surface area contributed by atoms with Crippen molar-refractivity contribution in [2.75, 3.05) is 0 Å². The molecule has 0 saturated carbocycles. The summed E-state index contributed by atoms with van der Waals surface area (Å²) in [6.07, 6.45) is 0. The third-order valence-electron chi connectivity index (χ3n) is 10.2. The van der Waals surface area contributed by atoms with Crippen LogP contribution in [0.5, 0.6) is 0 Å². The highest BCUT2D eigenvalue weighted by Crippen LogP contribution is 2.47. The summed E-state index contributed by atoms with van der Waals surface area (Å²) in [5, 5.41) is 12.9. The van der Waals surface area contributed by atoms with Gasteiger partial charge in [0, 0.05) is 0 Å². The zero-order valence-electron chi connectivity index (χ0n) is 26.3. The van der Waals surface area contributed by atoms with Crippen molar-refractivity contribution in [2.45, 2.75) is 0 Å². The van der Waals surface area contributed by atoms with Gasteiger partial charge in [-0.05, 0) is 111 Å². The van der Waals surface area contributed by atoms with Crippen molar-refractivity contribution in [1.29, 1.82) is 0 Å². The maximum Gasteiger partial charge on any atom is -0.00141 e. The van der Waals surface area contributed by atoms with Gasteiger partial charge in [-0.1, -0.05) is 170 Å². The molecule has 0 bridgehead atoms. The second-order valence-corrected chi connectivity index (χ2v) is 12.8. The molecule has 0 atom stereocenters. The van der Waals surface area contributed by atoms with E-state index in [9.17, 15) is 0 Å². The molecule has 0 heteroatoms. The Balaban J connectivity index is 1.29. The first-order chi connectivity index (χ1) is 23.8. The van der Waals surface area contributed by atoms with Crippen LogP contribution in [0.2, 0.25) is 0 Å². The van der Waals surface area contributed by atoms with Gasteiger partial charge in [-0.3, -0.25) is 0 Å². The fourth-order valence-electron chi connectivity index (χ4n) is 8.02. The van der Waals surface area contributed by atoms with Crippen LogP contribution in [-0.4, -0.2) is 0 Å². The first kappa shape index (κ1) is 26.9. The van der Waals surface area contributed by atoms with Crippen molar-refractivity contribution in [1.82, 2.24) is 0 Å². The molecule has 0 aromatic heterocycles. The Hall–Kier alpha value is -6.24. The standard InChI is InChI=1S/C48H30/c1-2-11-33(12-3-1)45-30-46(36-18-8-17-35(29-36)39-21-9-15-31-13-4-6-19-37(31)39)44-28-27-42-41(25-23-34-24-26-43(45)48(44)47(34)42)40-22-10-16-32-14-5-7-20-38(32)40/h1-30H. The topological polar surface area (TPSA) is 0 Å². The SMILES string of the molecule is c1ccc(-c2cc(-c3cccc(-c4cccc5ccccc45)c3)c3ccc4c(-c5cccc6ccccc56)ccc5ccc2c3c54)cc1. The average molecular weight is 607 g/mol. The number of fused-ring (bicyclic) bond motifs is 2. The molecule has 10 rings (SSSR count). The Morgan fingerprint density at radius 3 is 1.44 bits per heavy atom. The first-order valence-corrected chi connectivity index (χ1v) is 16.7. The van der Waals surface area contributed by atoms with E-state index < -0.39 is 0 Å². The van der Waals surface area contributed by atoms with Crippen LogP contribution < -0.4 is 0 Å². The van der Waals surface area contributed by atoms with Crippen LogP contribution in [0.1, 0.15) is 0 Å². The molecule has 0 unspecified atom stereocenters. The molecule has 0 aliphatic rings. The zero-order chi connectivity index (χ0) is 31.6. The summed E-state index contributed by atoms with van der Waals surface area (Å²) in [6, 6.07) is 67.1. The van der Waals surface area contributed by atoms with Crippen LogP contribution in [0, 0.1) is 0 Å². The Labute approximate surface area is 279 Å². The molecule has 222 valence electrons. The average Bonchev–Trinajstić information content (AvgIpc) is 3.16. The highest BCUT2D eigenvalue weighted by molar-refractivity contribution is 6.30. The van der Waals surface area contributed by atoms with E-state index in [-0.39, 0.29) is 0 Å². The predicted molar refractivity (Wildman–Crippen MR) is 207 cm³/mol. The van der Waals surface area contributed by atoms with Gasteiger partial charge in [0.2, 0.25) is 0 Å². The summed E-state index contributed by atoms with van der Waals surface area (Å²) in [6.45, 7) is 0. The van der Waals surface area contributed by atoms with Crippen molar-refractivity contribution < 1.29 is 0 Å². The van der Waals surface area contributed by atoms with Gasteiger partial charge in [-0.25, -0.2) is 0 Å². The Morgan fingerprint density at radius 2 is 0.688 bits per heavy atom. The molecule has 0 fully saturated rings. The monoisotopic (exact) mass is 606 g/mol. The largest absolute Gasteiger partial charge is 0.0622 e. The predicted octanol–water partition coefficient (Wildman–Crippen LogP) is 13.6. The van der Waals surface area contributed by atoms with Crippen molar-refractivity contribution >= 4 is 53.9 Å². The van der Waals surface area contributed by atoms with Crippen LogP contribution in [0.4, 0.5) is 0 Å². The van der Waals surface area contributed by atoms with E-state index in [1.165, 1.54) is 98.4 Å². The fourth-order valence-corrected chi connectivity index (χ4v) is 8.02. The smallest absolute Gasteiger partial charge is 0.00141 e. The van der Waals surface area contributed by atoms with Gasteiger partial charge >= 0.3 is 0 Å². The van der Waals surface area contributed by atoms with E-state index in [0.29, 0.717) is 0 Å². The molecule has 10 aromatic carbocycles. The molecule has 0 nitrogen and oxygen atoms in total. The van der Waals surface area contributed by atoms with Crippen molar-refractivity contribution in [2.24, 2.45) is 0 Å². The molecule has 0 radical (unpaired) electrons. The van der Waals surface area contributed by atoms with Crippen LogP contribution in [-0.2, 0) is 0 Å². The van der Waals surface area contributed by atoms with E-state index in [1.807, 2.05) is 0 Å². The summed E-state index contributed by atoms with van der Waals surface area (Å²) in [5.41, 5.74) is 10.0. The van der Waals surface area contributed by atoms with E-state index in [4.69, 9.17) is 0 Å². The minimum absolute atomic E-state index is 1.23. The van der Waals surface area contributed by atoms with Gasteiger partial charge in [0.25, 0.3) is 0 Å². The fraction of sp³-hybridized carbons (Fsp3) is 0. The number of hydrogen-bond donors (Lipinski definition) is 0. The summed E-state index contributed by atoms with van der Waals surface area (Å²) < 4.78 is 0. The molecule has 0 aliphatic heterocycles. The highest BCUT2D eigenvalue weighted by atomic mass is 14.2. The molecule has 48 heavy (non-hydrogen) atoms. The molecule has 10 aromatic rings. The second-order valence-electron chi connectivity index (χ2n) is 12.8. The number of rotatable bonds is 4. The minimum atomic E-state index is 1.23. The lowest BCUT2D eigenvalue weighted by Crippen LogP contribution is -1.93. The molecule has 0 amide bonds. The van der Waals surface area contributed by atoms with E-state index >= 15 is 0 Å². The summed E-state index contributed by atoms with van der Waals surface area (Å²) in [7, 11) is 0. The normalized spacial score (nSPS) is 11.8. The van der Waals surface area contributed by atoms with Crippen molar-refractivity contribution in [3.63, 3.8) is 0 Å². The van der Waals surface area contributed by atoms with Gasteiger partial charge < -0.3 is 0 Å². The van der Waals surface area contributed by atoms with Gasteiger partial charge in [-0.2, -0.15) is 0 Å². The Kier molecular flexibility index (Phi) is 5.98. The van der Waals surface area contributed by atoms with E-state index in [2.05, 4.69) is 182 Å². The van der Waals surface area contributed by atoms with Crippen molar-refractivity contribution in [3.8, 4) is 44.5 Å². The lowest BCUT2D eigenvalue weighted by atomic mass is 9.83. The third kappa shape index (κ3) is 4.10. The van der Waals surface area contributed by atoms with Crippen LogP contribution in [0.25, 0.3) is 98.4 Å². The second kappa shape index (κ2) is 10.7. The number of benzene rings is 10. The molecular weight excluding hydrogens is 577 g/mol.